The highest BCUT2D eigenvalue weighted by Gasteiger charge is 2.46. The summed E-state index contributed by atoms with van der Waals surface area (Å²) < 4.78 is 53.2. The Labute approximate surface area is 197 Å². The van der Waals surface area contributed by atoms with Gasteiger partial charge < -0.3 is 19.9 Å². The monoisotopic (exact) mass is 490 g/mol. The fourth-order valence-corrected chi connectivity index (χ4v) is 5.69. The van der Waals surface area contributed by atoms with Gasteiger partial charge in [0.1, 0.15) is 23.8 Å². The van der Waals surface area contributed by atoms with Crippen molar-refractivity contribution in [2.45, 2.75) is 54.8 Å². The Bertz CT molecular complexity index is 1170. The van der Waals surface area contributed by atoms with Crippen LogP contribution in [0, 0.1) is 11.7 Å². The van der Waals surface area contributed by atoms with E-state index in [1.807, 2.05) is 0 Å². The Morgan fingerprint density at radius 1 is 1.15 bits per heavy atom. The van der Waals surface area contributed by atoms with Crippen LogP contribution in [-0.4, -0.2) is 50.9 Å². The molecule has 1 amide bonds. The standard InChI is InChI=1S/C24H27FN2O6S/c25-15-3-6-18(7-4-15)34(30,31)27-16-5-8-21-19(9-16)20-10-17(32-22(13-28)24(20)33-21)11-23(29)26-12-14-1-2-14/h3-9,14,17,20,22,24,27-28H,1-2,10-13H2,(H,26,29)/t17-,20-,22-,24+/m1/s1. The molecule has 0 bridgehead atoms. The number of aliphatic hydroxyl groups is 1. The summed E-state index contributed by atoms with van der Waals surface area (Å²) in [5.41, 5.74) is 1.15. The molecule has 3 aliphatic rings. The Morgan fingerprint density at radius 2 is 1.91 bits per heavy atom. The maximum atomic E-state index is 13.2. The van der Waals surface area contributed by atoms with Gasteiger partial charge in [0, 0.05) is 23.7 Å². The van der Waals surface area contributed by atoms with Crippen LogP contribution in [0.3, 0.4) is 0 Å². The van der Waals surface area contributed by atoms with Gasteiger partial charge in [0.25, 0.3) is 10.0 Å². The van der Waals surface area contributed by atoms with Gasteiger partial charge in [0.15, 0.2) is 0 Å². The number of ether oxygens (including phenoxy) is 2. The van der Waals surface area contributed by atoms with Crippen LogP contribution in [0.2, 0.25) is 0 Å². The molecule has 0 radical (unpaired) electrons. The largest absolute Gasteiger partial charge is 0.487 e. The smallest absolute Gasteiger partial charge is 0.261 e. The minimum Gasteiger partial charge on any atom is -0.487 e. The lowest BCUT2D eigenvalue weighted by atomic mass is 9.84. The molecule has 1 aliphatic carbocycles. The summed E-state index contributed by atoms with van der Waals surface area (Å²) >= 11 is 0. The molecule has 4 atom stereocenters. The van der Waals surface area contributed by atoms with E-state index in [-0.39, 0.29) is 35.9 Å². The van der Waals surface area contributed by atoms with E-state index in [2.05, 4.69) is 10.0 Å². The van der Waals surface area contributed by atoms with Crippen molar-refractivity contribution < 1.29 is 32.2 Å². The van der Waals surface area contributed by atoms with Crippen molar-refractivity contribution >= 4 is 21.6 Å². The van der Waals surface area contributed by atoms with Crippen molar-refractivity contribution in [3.8, 4) is 5.75 Å². The fraction of sp³-hybridized carbons (Fsp3) is 0.458. The van der Waals surface area contributed by atoms with E-state index in [9.17, 15) is 22.7 Å². The number of amides is 1. The molecule has 3 N–H and O–H groups in total. The number of nitrogens with one attached hydrogen (secondary N) is 2. The lowest BCUT2D eigenvalue weighted by Gasteiger charge is -2.37. The molecule has 0 spiro atoms. The zero-order valence-electron chi connectivity index (χ0n) is 18.4. The second kappa shape index (κ2) is 9.16. The second-order valence-corrected chi connectivity index (χ2v) is 10.8. The first-order valence-electron chi connectivity index (χ1n) is 11.4. The molecule has 2 heterocycles. The van der Waals surface area contributed by atoms with Gasteiger partial charge in [-0.25, -0.2) is 12.8 Å². The van der Waals surface area contributed by atoms with Crippen LogP contribution in [0.15, 0.2) is 47.4 Å². The molecular formula is C24H27FN2O6S. The van der Waals surface area contributed by atoms with E-state index in [1.165, 1.54) is 12.1 Å². The van der Waals surface area contributed by atoms with E-state index in [1.54, 1.807) is 18.2 Å². The van der Waals surface area contributed by atoms with Crippen molar-refractivity contribution in [2.75, 3.05) is 17.9 Å². The minimum atomic E-state index is -3.90. The summed E-state index contributed by atoms with van der Waals surface area (Å²) in [5, 5.41) is 12.8. The molecule has 1 saturated carbocycles. The first-order valence-corrected chi connectivity index (χ1v) is 12.9. The number of anilines is 1. The lowest BCUT2D eigenvalue weighted by molar-refractivity contribution is -0.142. The molecule has 0 aromatic heterocycles. The molecule has 2 aliphatic heterocycles. The average molecular weight is 491 g/mol. The van der Waals surface area contributed by atoms with Crippen LogP contribution >= 0.6 is 0 Å². The van der Waals surface area contributed by atoms with E-state index >= 15 is 0 Å². The first-order chi connectivity index (χ1) is 16.3. The number of hydrogen-bond acceptors (Lipinski definition) is 6. The number of rotatable bonds is 8. The zero-order valence-corrected chi connectivity index (χ0v) is 19.3. The van der Waals surface area contributed by atoms with Gasteiger partial charge in [-0.2, -0.15) is 0 Å². The molecule has 8 nitrogen and oxygen atoms in total. The van der Waals surface area contributed by atoms with Crippen molar-refractivity contribution in [3.63, 3.8) is 0 Å². The van der Waals surface area contributed by atoms with Crippen LogP contribution < -0.4 is 14.8 Å². The molecule has 34 heavy (non-hydrogen) atoms. The summed E-state index contributed by atoms with van der Waals surface area (Å²) in [7, 11) is -3.90. The van der Waals surface area contributed by atoms with Gasteiger partial charge in [0.05, 0.1) is 24.0 Å². The third-order valence-electron chi connectivity index (χ3n) is 6.57. The summed E-state index contributed by atoms with van der Waals surface area (Å²) in [6, 6.07) is 9.57. The Morgan fingerprint density at radius 3 is 2.62 bits per heavy atom. The maximum Gasteiger partial charge on any atom is 0.261 e. The number of halogens is 1. The summed E-state index contributed by atoms with van der Waals surface area (Å²) in [6.45, 7) is 0.434. The first kappa shape index (κ1) is 23.1. The highest BCUT2D eigenvalue weighted by atomic mass is 32.2. The van der Waals surface area contributed by atoms with Crippen molar-refractivity contribution in [1.29, 1.82) is 0 Å². The van der Waals surface area contributed by atoms with Crippen LogP contribution in [0.5, 0.6) is 5.75 Å². The summed E-state index contributed by atoms with van der Waals surface area (Å²) in [6.07, 6.45) is 1.61. The fourth-order valence-electron chi connectivity index (χ4n) is 4.64. The SMILES string of the molecule is O=C(C[C@H]1C[C@@H]2c3cc(NS(=O)(=O)c4ccc(F)cc4)ccc3O[C@@H]2[C@@H](CO)O1)NCC1CC1. The van der Waals surface area contributed by atoms with Crippen molar-refractivity contribution in [1.82, 2.24) is 5.32 Å². The van der Waals surface area contributed by atoms with Gasteiger partial charge in [-0.15, -0.1) is 0 Å². The molecule has 1 saturated heterocycles. The van der Waals surface area contributed by atoms with Gasteiger partial charge in [-0.1, -0.05) is 0 Å². The third kappa shape index (κ3) is 4.89. The van der Waals surface area contributed by atoms with E-state index in [4.69, 9.17) is 9.47 Å². The van der Waals surface area contributed by atoms with Crippen molar-refractivity contribution in [3.05, 3.63) is 53.8 Å². The van der Waals surface area contributed by atoms with Crippen LogP contribution in [0.4, 0.5) is 10.1 Å². The highest BCUT2D eigenvalue weighted by molar-refractivity contribution is 7.92. The maximum absolute atomic E-state index is 13.2. The molecule has 5 rings (SSSR count). The molecule has 182 valence electrons. The zero-order chi connectivity index (χ0) is 23.9. The normalized spacial score (nSPS) is 25.7. The second-order valence-electron chi connectivity index (χ2n) is 9.17. The average Bonchev–Trinajstić information content (AvgIpc) is 3.57. The van der Waals surface area contributed by atoms with Crippen molar-refractivity contribution in [2.24, 2.45) is 5.92 Å². The van der Waals surface area contributed by atoms with Gasteiger partial charge in [-0.3, -0.25) is 9.52 Å². The van der Waals surface area contributed by atoms with Gasteiger partial charge in [-0.05, 0) is 67.6 Å². The summed E-state index contributed by atoms with van der Waals surface area (Å²) in [4.78, 5) is 12.3. The lowest BCUT2D eigenvalue weighted by Crippen LogP contribution is -2.47. The van der Waals surface area contributed by atoms with Gasteiger partial charge in [0.2, 0.25) is 5.91 Å². The molecular weight excluding hydrogens is 463 g/mol. The minimum absolute atomic E-state index is 0.0489. The van der Waals surface area contributed by atoms with Gasteiger partial charge >= 0.3 is 0 Å². The van der Waals surface area contributed by atoms with E-state index < -0.39 is 28.0 Å². The number of hydrogen-bond donors (Lipinski definition) is 3. The van der Waals surface area contributed by atoms with E-state index in [0.29, 0.717) is 30.3 Å². The molecule has 0 unspecified atom stereocenters. The number of carbonyl (C=O) groups excluding carboxylic acids is 1. The van der Waals surface area contributed by atoms with E-state index in [0.717, 1.165) is 30.5 Å². The number of benzene rings is 2. The predicted molar refractivity (Wildman–Crippen MR) is 122 cm³/mol. The Hall–Kier alpha value is -2.69. The third-order valence-corrected chi connectivity index (χ3v) is 7.97. The topological polar surface area (TPSA) is 114 Å². The van der Waals surface area contributed by atoms with Crippen LogP contribution in [0.1, 0.15) is 37.2 Å². The molecule has 2 fully saturated rings. The number of carbonyl (C=O) groups is 1. The predicted octanol–water partition coefficient (Wildman–Crippen LogP) is 2.54. The Balaban J connectivity index is 1.32. The summed E-state index contributed by atoms with van der Waals surface area (Å²) in [5.74, 6) is 0.427. The Kier molecular flexibility index (Phi) is 6.22. The van der Waals surface area contributed by atoms with Crippen LogP contribution in [0.25, 0.3) is 0 Å². The molecule has 2 aromatic rings. The highest BCUT2D eigenvalue weighted by Crippen LogP contribution is 2.47. The quantitative estimate of drug-likeness (QED) is 0.524. The number of sulfonamides is 1. The number of fused-ring (bicyclic) bond motifs is 3. The molecule has 10 heteroatoms. The van der Waals surface area contributed by atoms with Crippen LogP contribution in [-0.2, 0) is 19.6 Å². The number of aliphatic hydroxyl groups excluding tert-OH is 1. The molecule has 2 aromatic carbocycles.